The molecule has 0 unspecified atom stereocenters. The molecule has 1 N–H and O–H groups in total. The average Bonchev–Trinajstić information content (AvgIpc) is 2.59. The molecule has 4 nitrogen and oxygen atoms in total. The van der Waals surface area contributed by atoms with E-state index in [2.05, 4.69) is 33.4 Å². The molecule has 0 bridgehead atoms. The molecule has 7 heteroatoms. The molecule has 134 valence electrons. The minimum Gasteiger partial charge on any atom is -0.493 e. The van der Waals surface area contributed by atoms with Crippen LogP contribution in [-0.4, -0.2) is 19.9 Å². The first kappa shape index (κ1) is 19.9. The van der Waals surface area contributed by atoms with Gasteiger partial charge in [-0.15, -0.1) is 0 Å². The van der Waals surface area contributed by atoms with Crippen LogP contribution in [0.4, 0.5) is 0 Å². The van der Waals surface area contributed by atoms with Crippen molar-refractivity contribution in [2.24, 2.45) is 5.10 Å². The second kappa shape index (κ2) is 9.90. The van der Waals surface area contributed by atoms with Crippen molar-refractivity contribution in [3.8, 4) is 11.5 Å². The van der Waals surface area contributed by atoms with Crippen LogP contribution >= 0.6 is 39.1 Å². The maximum Gasteiger partial charge on any atom is 0.175 e. The van der Waals surface area contributed by atoms with Crippen LogP contribution in [0.1, 0.15) is 24.5 Å². The van der Waals surface area contributed by atoms with E-state index >= 15 is 0 Å². The van der Waals surface area contributed by atoms with Crippen molar-refractivity contribution in [3.63, 3.8) is 0 Å². The molecule has 0 aliphatic heterocycles. The molecule has 25 heavy (non-hydrogen) atoms. The summed E-state index contributed by atoms with van der Waals surface area (Å²) in [5, 5.41) is 5.43. The van der Waals surface area contributed by atoms with Crippen LogP contribution in [-0.2, 0) is 6.54 Å². The van der Waals surface area contributed by atoms with Gasteiger partial charge in [-0.1, -0.05) is 36.2 Å². The Labute approximate surface area is 166 Å². The maximum atomic E-state index is 6.13. The van der Waals surface area contributed by atoms with Gasteiger partial charge in [-0.25, -0.2) is 0 Å². The van der Waals surface area contributed by atoms with Gasteiger partial charge in [-0.05, 0) is 52.2 Å². The van der Waals surface area contributed by atoms with Crippen molar-refractivity contribution < 1.29 is 9.47 Å². The zero-order chi connectivity index (χ0) is 18.2. The van der Waals surface area contributed by atoms with Crippen molar-refractivity contribution in [2.75, 3.05) is 13.7 Å². The van der Waals surface area contributed by atoms with E-state index in [1.54, 1.807) is 25.5 Å². The highest BCUT2D eigenvalue weighted by Gasteiger charge is 2.11. The number of halogens is 3. The van der Waals surface area contributed by atoms with Gasteiger partial charge >= 0.3 is 0 Å². The average molecular weight is 446 g/mol. The Morgan fingerprint density at radius 2 is 1.96 bits per heavy atom. The van der Waals surface area contributed by atoms with Crippen molar-refractivity contribution in [3.05, 3.63) is 56.0 Å². The molecule has 2 rings (SSSR count). The van der Waals surface area contributed by atoms with Crippen LogP contribution < -0.4 is 14.9 Å². The van der Waals surface area contributed by atoms with Gasteiger partial charge in [0.15, 0.2) is 11.5 Å². The van der Waals surface area contributed by atoms with E-state index in [-0.39, 0.29) is 0 Å². The Hall–Kier alpha value is -1.43. The molecule has 0 heterocycles. The molecular formula is C18H19BrCl2N2O2. The molecule has 0 aliphatic carbocycles. The second-order valence-corrected chi connectivity index (χ2v) is 6.84. The predicted octanol–water partition coefficient (Wildman–Crippen LogP) is 5.68. The molecule has 0 aliphatic rings. The third kappa shape index (κ3) is 5.53. The van der Waals surface area contributed by atoms with Crippen molar-refractivity contribution >= 4 is 45.3 Å². The molecule has 2 aromatic carbocycles. The van der Waals surface area contributed by atoms with Crippen LogP contribution in [0.2, 0.25) is 10.0 Å². The summed E-state index contributed by atoms with van der Waals surface area (Å²) in [6, 6.07) is 9.18. The molecule has 0 saturated carbocycles. The standard InChI is InChI=1S/C18H19BrCl2N2O2/c1-3-7-25-18-14(19)8-12(9-17(18)24-2)10-22-23-11-13-15(20)5-4-6-16(13)21/h4-6,8-10,23H,3,7,11H2,1-2H3/b22-10-. The van der Waals surface area contributed by atoms with E-state index in [9.17, 15) is 0 Å². The third-order valence-electron chi connectivity index (χ3n) is 3.32. The number of nitrogens with one attached hydrogen (secondary N) is 1. The summed E-state index contributed by atoms with van der Waals surface area (Å²) >= 11 is 15.8. The lowest BCUT2D eigenvalue weighted by molar-refractivity contribution is 0.292. The summed E-state index contributed by atoms with van der Waals surface area (Å²) in [7, 11) is 1.61. The van der Waals surface area contributed by atoms with E-state index < -0.39 is 0 Å². The highest BCUT2D eigenvalue weighted by molar-refractivity contribution is 9.10. The molecule has 0 atom stereocenters. The van der Waals surface area contributed by atoms with Gasteiger partial charge in [0.25, 0.3) is 0 Å². The highest BCUT2D eigenvalue weighted by Crippen LogP contribution is 2.36. The van der Waals surface area contributed by atoms with E-state index in [4.69, 9.17) is 32.7 Å². The molecule has 0 fully saturated rings. The van der Waals surface area contributed by atoms with Crippen molar-refractivity contribution in [1.29, 1.82) is 0 Å². The topological polar surface area (TPSA) is 42.8 Å². The predicted molar refractivity (Wildman–Crippen MR) is 107 cm³/mol. The molecule has 0 spiro atoms. The van der Waals surface area contributed by atoms with E-state index in [1.807, 2.05) is 18.2 Å². The monoisotopic (exact) mass is 444 g/mol. The van der Waals surface area contributed by atoms with E-state index in [0.29, 0.717) is 34.7 Å². The van der Waals surface area contributed by atoms with Crippen LogP contribution in [0.3, 0.4) is 0 Å². The van der Waals surface area contributed by atoms with E-state index in [0.717, 1.165) is 22.0 Å². The molecular weight excluding hydrogens is 427 g/mol. The minimum atomic E-state index is 0.436. The number of ether oxygens (including phenoxy) is 2. The summed E-state index contributed by atoms with van der Waals surface area (Å²) in [5.74, 6) is 1.34. The van der Waals surface area contributed by atoms with E-state index in [1.165, 1.54) is 0 Å². The quantitative estimate of drug-likeness (QED) is 0.420. The van der Waals surface area contributed by atoms with Crippen LogP contribution in [0.15, 0.2) is 39.9 Å². The van der Waals surface area contributed by atoms with Gasteiger partial charge in [0.2, 0.25) is 0 Å². The SMILES string of the molecule is CCCOc1c(Br)cc(/C=N\NCc2c(Cl)cccc2Cl)cc1OC. The zero-order valence-electron chi connectivity index (χ0n) is 14.0. The Morgan fingerprint density at radius 1 is 1.24 bits per heavy atom. The van der Waals surface area contributed by atoms with Crippen LogP contribution in [0, 0.1) is 0 Å². The van der Waals surface area contributed by atoms with Gasteiger partial charge in [0.05, 0.1) is 30.9 Å². The second-order valence-electron chi connectivity index (χ2n) is 5.18. The number of rotatable bonds is 8. The number of hydrogen-bond acceptors (Lipinski definition) is 4. The first-order valence-corrected chi connectivity index (χ1v) is 9.30. The number of hydrogen-bond donors (Lipinski definition) is 1. The fourth-order valence-corrected chi connectivity index (χ4v) is 3.21. The Kier molecular flexibility index (Phi) is 7.88. The lowest BCUT2D eigenvalue weighted by atomic mass is 10.2. The summed E-state index contributed by atoms with van der Waals surface area (Å²) in [5.41, 5.74) is 4.63. The molecule has 0 saturated heterocycles. The molecule has 0 aromatic heterocycles. The summed E-state index contributed by atoms with van der Waals surface area (Å²) in [6.45, 7) is 3.12. The first-order valence-electron chi connectivity index (χ1n) is 7.76. The van der Waals surface area contributed by atoms with Crippen molar-refractivity contribution in [2.45, 2.75) is 19.9 Å². The molecule has 0 amide bonds. The van der Waals surface area contributed by atoms with Gasteiger partial charge in [0, 0.05) is 15.6 Å². The number of nitrogens with zero attached hydrogens (tertiary/aromatic N) is 1. The lowest BCUT2D eigenvalue weighted by Crippen LogP contribution is -2.07. The number of benzene rings is 2. The van der Waals surface area contributed by atoms with Gasteiger partial charge in [-0.2, -0.15) is 5.10 Å². The lowest BCUT2D eigenvalue weighted by Gasteiger charge is -2.12. The van der Waals surface area contributed by atoms with Gasteiger partial charge in [-0.3, -0.25) is 0 Å². The fourth-order valence-electron chi connectivity index (χ4n) is 2.10. The minimum absolute atomic E-state index is 0.436. The Balaban J connectivity index is 2.07. The maximum absolute atomic E-state index is 6.13. The van der Waals surface area contributed by atoms with Gasteiger partial charge < -0.3 is 14.9 Å². The molecule has 2 aromatic rings. The summed E-state index contributed by atoms with van der Waals surface area (Å²) in [6.07, 6.45) is 2.62. The first-order chi connectivity index (χ1) is 12.1. The van der Waals surface area contributed by atoms with Gasteiger partial charge in [0.1, 0.15) is 0 Å². The highest BCUT2D eigenvalue weighted by atomic mass is 79.9. The normalized spacial score (nSPS) is 10.9. The zero-order valence-corrected chi connectivity index (χ0v) is 17.1. The fraction of sp³-hybridized carbons (Fsp3) is 0.278. The smallest absolute Gasteiger partial charge is 0.175 e. The Morgan fingerprint density at radius 3 is 2.60 bits per heavy atom. The third-order valence-corrected chi connectivity index (χ3v) is 4.62. The molecule has 0 radical (unpaired) electrons. The summed E-state index contributed by atoms with van der Waals surface area (Å²) < 4.78 is 11.9. The Bertz CT molecular complexity index is 734. The van der Waals surface area contributed by atoms with Crippen LogP contribution in [0.25, 0.3) is 0 Å². The largest absolute Gasteiger partial charge is 0.493 e. The van der Waals surface area contributed by atoms with Crippen LogP contribution in [0.5, 0.6) is 11.5 Å². The van der Waals surface area contributed by atoms with Crippen molar-refractivity contribution in [1.82, 2.24) is 5.43 Å². The number of methoxy groups -OCH3 is 1. The summed E-state index contributed by atoms with van der Waals surface area (Å²) in [4.78, 5) is 0. The number of hydrazone groups is 1.